The molecule has 168 valence electrons. The summed E-state index contributed by atoms with van der Waals surface area (Å²) in [6, 6.07) is 3.82. The highest BCUT2D eigenvalue weighted by molar-refractivity contribution is 8.01. The van der Waals surface area contributed by atoms with E-state index in [-0.39, 0.29) is 16.3 Å². The fourth-order valence-electron chi connectivity index (χ4n) is 2.11. The Kier molecular flexibility index (Phi) is 7.32. The zero-order chi connectivity index (χ0) is 23.7. The normalized spacial score (nSPS) is 13.7. The lowest BCUT2D eigenvalue weighted by atomic mass is 9.89. The number of benzene rings is 1. The Bertz CT molecular complexity index is 948. The molecule has 0 aliphatic carbocycles. The van der Waals surface area contributed by atoms with Gasteiger partial charge >= 0.3 is 22.1 Å². The molecule has 30 heavy (non-hydrogen) atoms. The van der Waals surface area contributed by atoms with Gasteiger partial charge in [-0.3, -0.25) is 4.55 Å². The van der Waals surface area contributed by atoms with Crippen molar-refractivity contribution in [2.75, 3.05) is 0 Å². The van der Waals surface area contributed by atoms with Crippen LogP contribution in [0.3, 0.4) is 0 Å². The number of nitrogens with two attached hydrogens (primary N) is 2. The number of esters is 2. The van der Waals surface area contributed by atoms with E-state index in [1.54, 1.807) is 41.5 Å². The summed E-state index contributed by atoms with van der Waals surface area (Å²) in [6.45, 7) is 9.47. The van der Waals surface area contributed by atoms with E-state index in [4.69, 9.17) is 37.1 Å². The number of nitrogens with zero attached hydrogens (tertiary/aromatic N) is 1. The van der Waals surface area contributed by atoms with Crippen LogP contribution in [-0.4, -0.2) is 41.3 Å². The van der Waals surface area contributed by atoms with Crippen LogP contribution in [0.4, 0.5) is 5.69 Å². The second-order valence-electron chi connectivity index (χ2n) is 8.38. The largest absolute Gasteiger partial charge is 0.458 e. The van der Waals surface area contributed by atoms with E-state index in [0.29, 0.717) is 0 Å². The molecule has 10 nitrogen and oxygen atoms in total. The van der Waals surface area contributed by atoms with Crippen LogP contribution in [0, 0.1) is 0 Å². The predicted molar refractivity (Wildman–Crippen MR) is 112 cm³/mol. The molecule has 0 aliphatic rings. The second kappa shape index (κ2) is 8.50. The Morgan fingerprint density at radius 2 is 1.47 bits per heavy atom. The molecular formula is C18H26ClN3O7S. The van der Waals surface area contributed by atoms with E-state index < -0.39 is 44.0 Å². The van der Waals surface area contributed by atoms with Crippen molar-refractivity contribution >= 4 is 44.5 Å². The van der Waals surface area contributed by atoms with Crippen molar-refractivity contribution in [3.05, 3.63) is 28.8 Å². The predicted octanol–water partition coefficient (Wildman–Crippen LogP) is 2.01. The van der Waals surface area contributed by atoms with Crippen LogP contribution in [0.5, 0.6) is 0 Å². The average Bonchev–Trinajstić information content (AvgIpc) is 2.51. The number of carbonyl (C=O) groups excluding carboxylic acids is 2. The summed E-state index contributed by atoms with van der Waals surface area (Å²) in [6.07, 6.45) is 0. The first-order chi connectivity index (χ1) is 13.3. The van der Waals surface area contributed by atoms with E-state index in [0.717, 1.165) is 0 Å². The molecule has 0 unspecified atom stereocenters. The molecule has 0 saturated heterocycles. The van der Waals surface area contributed by atoms with Crippen LogP contribution in [0.2, 0.25) is 5.02 Å². The molecule has 0 spiro atoms. The summed E-state index contributed by atoms with van der Waals surface area (Å²) in [5.74, 6) is -2.29. The van der Waals surface area contributed by atoms with Gasteiger partial charge in [0.15, 0.2) is 0 Å². The van der Waals surface area contributed by atoms with Crippen LogP contribution in [-0.2, 0) is 34.7 Å². The Balaban J connectivity index is 3.72. The van der Waals surface area contributed by atoms with Gasteiger partial charge < -0.3 is 20.9 Å². The molecule has 12 heteroatoms. The first-order valence-corrected chi connectivity index (χ1v) is 10.5. The van der Waals surface area contributed by atoms with Gasteiger partial charge in [0.1, 0.15) is 11.2 Å². The molecular weight excluding hydrogens is 438 g/mol. The Labute approximate surface area is 180 Å². The molecule has 1 aromatic rings. The summed E-state index contributed by atoms with van der Waals surface area (Å²) in [5.41, 5.74) is 6.45. The molecule has 1 aromatic carbocycles. The molecule has 1 rings (SSSR count). The molecule has 0 radical (unpaired) electrons. The molecule has 5 N–H and O–H groups in total. The fraction of sp³-hybridized carbons (Fsp3) is 0.500. The van der Waals surface area contributed by atoms with Crippen molar-refractivity contribution in [3.63, 3.8) is 0 Å². The topological polar surface area (TPSA) is 171 Å². The molecule has 0 amide bonds. The third-order valence-electron chi connectivity index (χ3n) is 3.34. The summed E-state index contributed by atoms with van der Waals surface area (Å²) in [5, 5.41) is -1.50. The molecule has 0 atom stereocenters. The van der Waals surface area contributed by atoms with Crippen LogP contribution < -0.4 is 11.5 Å². The SMILES string of the molecule is CC(C)(C)OC(=O)C(N)(C(=O)OC(C)(C)C)c1cccc(N=C(N)S(=O)(=O)O)c1Cl. The van der Waals surface area contributed by atoms with Gasteiger partial charge in [-0.2, -0.15) is 8.42 Å². The summed E-state index contributed by atoms with van der Waals surface area (Å²) in [4.78, 5) is 29.4. The highest BCUT2D eigenvalue weighted by Gasteiger charge is 2.51. The molecule has 0 aromatic heterocycles. The van der Waals surface area contributed by atoms with Crippen molar-refractivity contribution in [1.82, 2.24) is 0 Å². The van der Waals surface area contributed by atoms with E-state index >= 15 is 0 Å². The van der Waals surface area contributed by atoms with Gasteiger partial charge in [0, 0.05) is 5.56 Å². The number of ether oxygens (including phenoxy) is 2. The number of hydrogen-bond acceptors (Lipinski definition) is 8. The molecule has 0 saturated carbocycles. The maximum absolute atomic E-state index is 13.0. The molecule has 0 fully saturated rings. The highest BCUT2D eigenvalue weighted by atomic mass is 35.5. The van der Waals surface area contributed by atoms with Crippen molar-refractivity contribution < 1.29 is 32.0 Å². The fourth-order valence-corrected chi connectivity index (χ4v) is 2.64. The molecule has 0 aliphatic heterocycles. The monoisotopic (exact) mass is 463 g/mol. The van der Waals surface area contributed by atoms with Gasteiger partial charge in [-0.25, -0.2) is 14.6 Å². The van der Waals surface area contributed by atoms with Crippen LogP contribution in [0.1, 0.15) is 47.1 Å². The Morgan fingerprint density at radius 3 is 1.83 bits per heavy atom. The van der Waals surface area contributed by atoms with Gasteiger partial charge in [-0.1, -0.05) is 23.7 Å². The molecule has 0 bridgehead atoms. The first-order valence-electron chi connectivity index (χ1n) is 8.65. The third-order valence-corrected chi connectivity index (χ3v) is 4.36. The van der Waals surface area contributed by atoms with Crippen LogP contribution in [0.25, 0.3) is 0 Å². The number of halogens is 1. The first kappa shape index (κ1) is 25.8. The van der Waals surface area contributed by atoms with Crippen LogP contribution in [0.15, 0.2) is 23.2 Å². The average molecular weight is 464 g/mol. The zero-order valence-corrected chi connectivity index (χ0v) is 19.1. The standard InChI is InChI=1S/C18H26ClN3O7S/c1-16(2,3)28-13(23)18(21,14(24)29-17(4,5)6)10-8-7-9-11(12(10)19)22-15(20)30(25,26)27/h7-9H,21H2,1-6H3,(H2,20,22)(H,25,26,27). The van der Waals surface area contributed by atoms with Crippen molar-refractivity contribution in [2.45, 2.75) is 58.3 Å². The van der Waals surface area contributed by atoms with Crippen molar-refractivity contribution in [3.8, 4) is 0 Å². The lowest BCUT2D eigenvalue weighted by molar-refractivity contribution is -0.177. The summed E-state index contributed by atoms with van der Waals surface area (Å²) < 4.78 is 41.9. The molecule has 0 heterocycles. The minimum absolute atomic E-state index is 0.253. The number of carbonyl (C=O) groups is 2. The summed E-state index contributed by atoms with van der Waals surface area (Å²) in [7, 11) is -4.79. The summed E-state index contributed by atoms with van der Waals surface area (Å²) >= 11 is 6.28. The van der Waals surface area contributed by atoms with Crippen molar-refractivity contribution in [2.24, 2.45) is 16.5 Å². The Morgan fingerprint density at radius 1 is 1.03 bits per heavy atom. The minimum atomic E-state index is -4.79. The van der Waals surface area contributed by atoms with E-state index in [9.17, 15) is 18.0 Å². The zero-order valence-electron chi connectivity index (χ0n) is 17.5. The van der Waals surface area contributed by atoms with E-state index in [1.807, 2.05) is 0 Å². The van der Waals surface area contributed by atoms with Crippen LogP contribution >= 0.6 is 11.6 Å². The van der Waals surface area contributed by atoms with Crippen molar-refractivity contribution in [1.29, 1.82) is 0 Å². The van der Waals surface area contributed by atoms with E-state index in [2.05, 4.69) is 4.99 Å². The number of amidine groups is 1. The van der Waals surface area contributed by atoms with Gasteiger partial charge in [-0.05, 0) is 47.6 Å². The van der Waals surface area contributed by atoms with Gasteiger partial charge in [-0.15, -0.1) is 0 Å². The quantitative estimate of drug-likeness (QED) is 0.198. The van der Waals surface area contributed by atoms with Gasteiger partial charge in [0.2, 0.25) is 10.7 Å². The third kappa shape index (κ3) is 6.39. The number of aliphatic imine (C=N–C) groups is 1. The lowest BCUT2D eigenvalue weighted by Gasteiger charge is -2.33. The maximum Gasteiger partial charge on any atom is 0.343 e. The number of hydrogen-bond donors (Lipinski definition) is 3. The second-order valence-corrected chi connectivity index (χ2v) is 10.1. The smallest absolute Gasteiger partial charge is 0.343 e. The van der Waals surface area contributed by atoms with Gasteiger partial charge in [0.05, 0.1) is 10.7 Å². The Hall–Kier alpha value is -2.21. The lowest BCUT2D eigenvalue weighted by Crippen LogP contribution is -2.56. The maximum atomic E-state index is 13.0. The number of rotatable bonds is 4. The van der Waals surface area contributed by atoms with E-state index in [1.165, 1.54) is 18.2 Å². The highest BCUT2D eigenvalue weighted by Crippen LogP contribution is 2.37. The van der Waals surface area contributed by atoms with Gasteiger partial charge in [0.25, 0.3) is 0 Å². The minimum Gasteiger partial charge on any atom is -0.458 e.